The first kappa shape index (κ1) is 13.0. The van der Waals surface area contributed by atoms with Crippen molar-refractivity contribution in [3.63, 3.8) is 0 Å². The smallest absolute Gasteiger partial charge is 0.178 e. The Balaban J connectivity index is 3.39. The third-order valence-corrected chi connectivity index (χ3v) is 3.16. The molecule has 0 heterocycles. The summed E-state index contributed by atoms with van der Waals surface area (Å²) in [6, 6.07) is 0.172. The molecule has 0 saturated carbocycles. The van der Waals surface area contributed by atoms with Gasteiger partial charge < -0.3 is 10.8 Å². The fraction of sp³-hybridized carbons (Fsp3) is 0.333. The molecule has 1 aromatic carbocycles. The normalized spacial score (nSPS) is 13.8. The highest BCUT2D eigenvalue weighted by molar-refractivity contribution is 7.90. The molecule has 0 radical (unpaired) electrons. The highest BCUT2D eigenvalue weighted by Gasteiger charge is 2.20. The molecule has 7 heteroatoms. The highest BCUT2D eigenvalue weighted by atomic mass is 32.2. The van der Waals surface area contributed by atoms with Crippen LogP contribution in [0.5, 0.6) is 0 Å². The number of sulfone groups is 1. The quantitative estimate of drug-likeness (QED) is 0.812. The molecule has 16 heavy (non-hydrogen) atoms. The number of aliphatic hydroxyl groups is 1. The summed E-state index contributed by atoms with van der Waals surface area (Å²) in [5.41, 5.74) is 5.06. The van der Waals surface area contributed by atoms with Crippen molar-refractivity contribution in [1.29, 1.82) is 0 Å². The van der Waals surface area contributed by atoms with Crippen molar-refractivity contribution >= 4 is 9.84 Å². The van der Waals surface area contributed by atoms with Crippen molar-refractivity contribution in [3.8, 4) is 0 Å². The third-order valence-electron chi connectivity index (χ3n) is 2.05. The fourth-order valence-electron chi connectivity index (χ4n) is 1.21. The van der Waals surface area contributed by atoms with E-state index in [0.717, 1.165) is 6.26 Å². The summed E-state index contributed by atoms with van der Waals surface area (Å²) in [6.07, 6.45) is 0.774. The van der Waals surface area contributed by atoms with Crippen LogP contribution in [0.15, 0.2) is 17.0 Å². The zero-order valence-corrected chi connectivity index (χ0v) is 9.26. The van der Waals surface area contributed by atoms with Crippen LogP contribution in [0.1, 0.15) is 11.6 Å². The summed E-state index contributed by atoms with van der Waals surface area (Å²) in [4.78, 5) is -0.723. The first-order valence-corrected chi connectivity index (χ1v) is 6.22. The molecule has 0 fully saturated rings. The standard InChI is InChI=1S/C9H11F2NO3S/c1-16(14,15)9-3-6(10)5(2-7(9)11)8(12)4-13/h2-3,8,13H,4,12H2,1H3. The molecule has 0 amide bonds. The lowest BCUT2D eigenvalue weighted by Crippen LogP contribution is -2.17. The molecule has 1 atom stereocenters. The molecule has 0 spiro atoms. The SMILES string of the molecule is CS(=O)(=O)c1cc(F)c(C(N)CO)cc1F. The summed E-state index contributed by atoms with van der Waals surface area (Å²) in [5.74, 6) is -2.04. The lowest BCUT2D eigenvalue weighted by atomic mass is 10.1. The first-order chi connectivity index (χ1) is 7.27. The summed E-state index contributed by atoms with van der Waals surface area (Å²) in [6.45, 7) is -0.561. The second-order valence-corrected chi connectivity index (χ2v) is 5.35. The average molecular weight is 251 g/mol. The van der Waals surface area contributed by atoms with Gasteiger partial charge in [-0.2, -0.15) is 0 Å². The number of hydrogen-bond acceptors (Lipinski definition) is 4. The van der Waals surface area contributed by atoms with E-state index in [9.17, 15) is 17.2 Å². The van der Waals surface area contributed by atoms with Gasteiger partial charge in [-0.3, -0.25) is 0 Å². The van der Waals surface area contributed by atoms with Gasteiger partial charge in [0, 0.05) is 11.8 Å². The summed E-state index contributed by atoms with van der Waals surface area (Å²) in [5, 5.41) is 8.70. The lowest BCUT2D eigenvalue weighted by Gasteiger charge is -2.11. The van der Waals surface area contributed by atoms with Crippen LogP contribution >= 0.6 is 0 Å². The topological polar surface area (TPSA) is 80.4 Å². The van der Waals surface area contributed by atoms with E-state index in [-0.39, 0.29) is 5.56 Å². The minimum atomic E-state index is -3.82. The zero-order valence-electron chi connectivity index (χ0n) is 8.44. The molecule has 90 valence electrons. The summed E-state index contributed by atoms with van der Waals surface area (Å²) in [7, 11) is -3.82. The monoisotopic (exact) mass is 251 g/mol. The third kappa shape index (κ3) is 2.55. The van der Waals surface area contributed by atoms with Crippen LogP contribution in [0, 0.1) is 11.6 Å². The van der Waals surface area contributed by atoms with Gasteiger partial charge in [0.1, 0.15) is 16.5 Å². The first-order valence-electron chi connectivity index (χ1n) is 4.32. The van der Waals surface area contributed by atoms with Gasteiger partial charge in [-0.05, 0) is 12.1 Å². The number of hydrogen-bond donors (Lipinski definition) is 2. The van der Waals surface area contributed by atoms with Gasteiger partial charge in [0.15, 0.2) is 9.84 Å². The maximum atomic E-state index is 13.4. The average Bonchev–Trinajstić information content (AvgIpc) is 2.18. The van der Waals surface area contributed by atoms with Gasteiger partial charge in [-0.15, -0.1) is 0 Å². The van der Waals surface area contributed by atoms with Gasteiger partial charge in [-0.1, -0.05) is 0 Å². The fourth-order valence-corrected chi connectivity index (χ4v) is 1.94. The van der Waals surface area contributed by atoms with Crippen molar-refractivity contribution in [3.05, 3.63) is 29.3 Å². The van der Waals surface area contributed by atoms with Crippen molar-refractivity contribution in [2.75, 3.05) is 12.9 Å². The minimum absolute atomic E-state index is 0.257. The van der Waals surface area contributed by atoms with Crippen molar-refractivity contribution in [1.82, 2.24) is 0 Å². The van der Waals surface area contributed by atoms with E-state index in [1.165, 1.54) is 0 Å². The molecule has 0 aliphatic heterocycles. The number of benzene rings is 1. The molecule has 3 N–H and O–H groups in total. The van der Waals surface area contributed by atoms with E-state index < -0.39 is 39.0 Å². The van der Waals surface area contributed by atoms with E-state index >= 15 is 0 Å². The number of halogens is 2. The Morgan fingerprint density at radius 3 is 2.38 bits per heavy atom. The van der Waals surface area contributed by atoms with Gasteiger partial charge in [-0.25, -0.2) is 17.2 Å². The van der Waals surface area contributed by atoms with Crippen LogP contribution in [0.25, 0.3) is 0 Å². The van der Waals surface area contributed by atoms with Crippen molar-refractivity contribution in [2.45, 2.75) is 10.9 Å². The maximum Gasteiger partial charge on any atom is 0.178 e. The Morgan fingerprint density at radius 2 is 1.94 bits per heavy atom. The van der Waals surface area contributed by atoms with Gasteiger partial charge in [0.25, 0.3) is 0 Å². The second-order valence-electron chi connectivity index (χ2n) is 3.37. The molecular formula is C9H11F2NO3S. The van der Waals surface area contributed by atoms with Crippen LogP contribution < -0.4 is 5.73 Å². The van der Waals surface area contributed by atoms with Crippen molar-refractivity contribution < 1.29 is 22.3 Å². The molecule has 1 unspecified atom stereocenters. The Kier molecular flexibility index (Phi) is 3.61. The molecule has 0 aliphatic carbocycles. The summed E-state index contributed by atoms with van der Waals surface area (Å²) >= 11 is 0. The zero-order chi connectivity index (χ0) is 12.5. The van der Waals surface area contributed by atoms with Gasteiger partial charge in [0.05, 0.1) is 12.6 Å². The van der Waals surface area contributed by atoms with Crippen LogP contribution in [0.4, 0.5) is 8.78 Å². The van der Waals surface area contributed by atoms with Gasteiger partial charge >= 0.3 is 0 Å². The molecule has 1 aromatic rings. The van der Waals surface area contributed by atoms with E-state index in [0.29, 0.717) is 12.1 Å². The molecule has 0 aromatic heterocycles. The number of rotatable bonds is 3. The number of aliphatic hydroxyl groups excluding tert-OH is 1. The van der Waals surface area contributed by atoms with Crippen LogP contribution in [0.3, 0.4) is 0 Å². The Morgan fingerprint density at radius 1 is 1.38 bits per heavy atom. The Hall–Kier alpha value is -1.05. The summed E-state index contributed by atoms with van der Waals surface area (Å²) < 4.78 is 48.9. The Bertz CT molecular complexity index is 502. The van der Waals surface area contributed by atoms with Crippen LogP contribution in [-0.4, -0.2) is 26.4 Å². The van der Waals surface area contributed by atoms with E-state index in [2.05, 4.69) is 0 Å². The van der Waals surface area contributed by atoms with E-state index in [1.807, 2.05) is 0 Å². The Labute approximate surface area is 91.6 Å². The molecule has 0 saturated heterocycles. The van der Waals surface area contributed by atoms with Crippen LogP contribution in [-0.2, 0) is 9.84 Å². The minimum Gasteiger partial charge on any atom is -0.394 e. The largest absolute Gasteiger partial charge is 0.394 e. The predicted molar refractivity (Wildman–Crippen MR) is 53.5 cm³/mol. The highest BCUT2D eigenvalue weighted by Crippen LogP contribution is 2.22. The van der Waals surface area contributed by atoms with Gasteiger partial charge in [0.2, 0.25) is 0 Å². The molecular weight excluding hydrogens is 240 g/mol. The molecule has 4 nitrogen and oxygen atoms in total. The van der Waals surface area contributed by atoms with E-state index in [1.54, 1.807) is 0 Å². The van der Waals surface area contributed by atoms with E-state index in [4.69, 9.17) is 10.8 Å². The van der Waals surface area contributed by atoms with Crippen molar-refractivity contribution in [2.24, 2.45) is 5.73 Å². The molecule has 0 aliphatic rings. The second kappa shape index (κ2) is 4.44. The molecule has 0 bridgehead atoms. The lowest BCUT2D eigenvalue weighted by molar-refractivity contribution is 0.265. The maximum absolute atomic E-state index is 13.4. The number of nitrogens with two attached hydrogens (primary N) is 1. The predicted octanol–water partition coefficient (Wildman–Crippen LogP) is 0.360. The molecule has 1 rings (SSSR count). The van der Waals surface area contributed by atoms with Crippen LogP contribution in [0.2, 0.25) is 0 Å².